The first-order chi connectivity index (χ1) is 13.4. The zero-order valence-corrected chi connectivity index (χ0v) is 20.5. The van der Waals surface area contributed by atoms with Gasteiger partial charge in [0.2, 0.25) is 0 Å². The van der Waals surface area contributed by atoms with Crippen LogP contribution in [0.3, 0.4) is 0 Å². The summed E-state index contributed by atoms with van der Waals surface area (Å²) in [6.07, 6.45) is 2.55. The van der Waals surface area contributed by atoms with E-state index < -0.39 is 9.84 Å². The highest BCUT2D eigenvalue weighted by molar-refractivity contribution is 14.0. The van der Waals surface area contributed by atoms with Crippen LogP contribution >= 0.6 is 24.0 Å². The summed E-state index contributed by atoms with van der Waals surface area (Å²) >= 11 is 0. The lowest BCUT2D eigenvalue weighted by Crippen LogP contribution is -2.45. The Labute approximate surface area is 191 Å². The van der Waals surface area contributed by atoms with Crippen LogP contribution in [0.25, 0.3) is 0 Å². The van der Waals surface area contributed by atoms with Crippen LogP contribution in [0, 0.1) is 12.8 Å². The van der Waals surface area contributed by atoms with Crippen LogP contribution in [0.15, 0.2) is 23.2 Å². The van der Waals surface area contributed by atoms with Gasteiger partial charge in [0.15, 0.2) is 15.8 Å². The van der Waals surface area contributed by atoms with Gasteiger partial charge in [0.05, 0.1) is 18.1 Å². The number of nitrogens with zero attached hydrogens (tertiary/aromatic N) is 2. The van der Waals surface area contributed by atoms with Gasteiger partial charge in [-0.15, -0.1) is 24.0 Å². The Morgan fingerprint density at radius 2 is 1.97 bits per heavy atom. The lowest BCUT2D eigenvalue weighted by Gasteiger charge is -2.26. The number of aryl methyl sites for hydroxylation is 1. The van der Waals surface area contributed by atoms with E-state index in [1.54, 1.807) is 7.05 Å². The number of benzene rings is 1. The fraction of sp³-hybridized carbons (Fsp3) is 0.650. The number of sulfone groups is 1. The molecule has 2 fully saturated rings. The number of nitrogens with one attached hydrogen (secondary N) is 2. The second kappa shape index (κ2) is 11.4. The third-order valence-electron chi connectivity index (χ3n) is 5.22. The van der Waals surface area contributed by atoms with Crippen molar-refractivity contribution in [3.8, 4) is 5.75 Å². The van der Waals surface area contributed by atoms with E-state index in [0.29, 0.717) is 19.6 Å². The number of aliphatic imine (C=N–C) groups is 1. The van der Waals surface area contributed by atoms with Gasteiger partial charge in [-0.05, 0) is 37.3 Å². The molecular weight excluding hydrogens is 503 g/mol. The number of rotatable bonds is 8. The molecule has 1 aromatic carbocycles. The average molecular weight is 536 g/mol. The second-order valence-electron chi connectivity index (χ2n) is 7.71. The maximum absolute atomic E-state index is 11.5. The maximum atomic E-state index is 11.5. The molecule has 1 aliphatic carbocycles. The molecule has 1 saturated carbocycles. The first kappa shape index (κ1) is 24.2. The van der Waals surface area contributed by atoms with Gasteiger partial charge in [-0.3, -0.25) is 9.89 Å². The number of hydrogen-bond donors (Lipinski definition) is 2. The molecule has 0 aromatic heterocycles. The third kappa shape index (κ3) is 8.29. The summed E-state index contributed by atoms with van der Waals surface area (Å²) in [5, 5.41) is 6.65. The number of halogens is 1. The average Bonchev–Trinajstić information content (AvgIpc) is 3.49. The first-order valence-electron chi connectivity index (χ1n) is 10.0. The summed E-state index contributed by atoms with van der Waals surface area (Å²) in [6.45, 7) is 6.27. The van der Waals surface area contributed by atoms with Crippen molar-refractivity contribution in [1.29, 1.82) is 0 Å². The highest BCUT2D eigenvalue weighted by Crippen LogP contribution is 2.30. The van der Waals surface area contributed by atoms with Crippen LogP contribution < -0.4 is 15.4 Å². The van der Waals surface area contributed by atoms with Gasteiger partial charge >= 0.3 is 0 Å². The van der Waals surface area contributed by atoms with E-state index in [4.69, 9.17) is 4.74 Å². The van der Waals surface area contributed by atoms with E-state index in [1.807, 2.05) is 0 Å². The lowest BCUT2D eigenvalue weighted by molar-refractivity contribution is 0.296. The minimum atomic E-state index is -2.82. The normalized spacial score (nSPS) is 19.3. The van der Waals surface area contributed by atoms with Crippen molar-refractivity contribution in [2.45, 2.75) is 26.3 Å². The Morgan fingerprint density at radius 3 is 2.62 bits per heavy atom. The van der Waals surface area contributed by atoms with Gasteiger partial charge in [0, 0.05) is 45.3 Å². The molecule has 1 aromatic rings. The van der Waals surface area contributed by atoms with Crippen LogP contribution in [0.2, 0.25) is 0 Å². The molecule has 0 radical (unpaired) electrons. The minimum absolute atomic E-state index is 0. The van der Waals surface area contributed by atoms with Gasteiger partial charge in [0.1, 0.15) is 5.75 Å². The van der Waals surface area contributed by atoms with Crippen LogP contribution in [-0.4, -0.2) is 70.6 Å². The van der Waals surface area contributed by atoms with Crippen LogP contribution in [0.1, 0.15) is 24.0 Å². The van der Waals surface area contributed by atoms with Crippen molar-refractivity contribution >= 4 is 39.8 Å². The lowest BCUT2D eigenvalue weighted by atomic mass is 10.1. The van der Waals surface area contributed by atoms with E-state index >= 15 is 0 Å². The molecule has 2 N–H and O–H groups in total. The predicted octanol–water partition coefficient (Wildman–Crippen LogP) is 1.80. The van der Waals surface area contributed by atoms with Crippen LogP contribution in [-0.2, 0) is 16.4 Å². The van der Waals surface area contributed by atoms with Gasteiger partial charge in [-0.2, -0.15) is 0 Å². The largest absolute Gasteiger partial charge is 0.493 e. The Balaban J connectivity index is 0.00000300. The van der Waals surface area contributed by atoms with Crippen molar-refractivity contribution in [3.63, 3.8) is 0 Å². The van der Waals surface area contributed by atoms with Gasteiger partial charge in [-0.1, -0.05) is 12.1 Å². The topological polar surface area (TPSA) is 83.0 Å². The molecule has 1 aliphatic heterocycles. The molecule has 9 heteroatoms. The molecule has 3 rings (SSSR count). The summed E-state index contributed by atoms with van der Waals surface area (Å²) in [7, 11) is -1.07. The maximum Gasteiger partial charge on any atom is 0.191 e. The Morgan fingerprint density at radius 1 is 1.24 bits per heavy atom. The van der Waals surface area contributed by atoms with E-state index in [2.05, 4.69) is 45.6 Å². The first-order valence-corrected chi connectivity index (χ1v) is 11.9. The summed E-state index contributed by atoms with van der Waals surface area (Å²) in [4.78, 5) is 6.45. The molecule has 1 saturated heterocycles. The number of guanidine groups is 1. The molecule has 0 amide bonds. The standard InChI is InChI=1S/C20H32N4O3S.HI/c1-16-3-6-18(19(13-16)27-15-17-4-5-17)14-23-20(21-2)22-7-8-24-9-11-28(25,26)12-10-24;/h3,6,13,17H,4-5,7-12,14-15H2,1-2H3,(H2,21,22,23);1H. The van der Waals surface area contributed by atoms with Crippen molar-refractivity contribution in [2.75, 3.05) is 51.3 Å². The quantitative estimate of drug-likeness (QED) is 0.300. The number of ether oxygens (including phenoxy) is 1. The molecular formula is C20H33IN4O3S. The van der Waals surface area contributed by atoms with Crippen molar-refractivity contribution in [1.82, 2.24) is 15.5 Å². The van der Waals surface area contributed by atoms with Crippen LogP contribution in [0.4, 0.5) is 0 Å². The van der Waals surface area contributed by atoms with E-state index in [-0.39, 0.29) is 35.5 Å². The molecule has 0 atom stereocenters. The van der Waals surface area contributed by atoms with Crippen molar-refractivity contribution in [2.24, 2.45) is 10.9 Å². The van der Waals surface area contributed by atoms with Crippen molar-refractivity contribution < 1.29 is 13.2 Å². The van der Waals surface area contributed by atoms with Gasteiger partial charge in [-0.25, -0.2) is 8.42 Å². The zero-order chi connectivity index (χ0) is 20.0. The minimum Gasteiger partial charge on any atom is -0.493 e. The Kier molecular flexibility index (Phi) is 9.48. The summed E-state index contributed by atoms with van der Waals surface area (Å²) in [6, 6.07) is 6.30. The SMILES string of the molecule is CN=C(NCCN1CCS(=O)(=O)CC1)NCc1ccc(C)cc1OCC1CC1.I. The Bertz CT molecular complexity index is 783. The fourth-order valence-electron chi connectivity index (χ4n) is 3.14. The fourth-order valence-corrected chi connectivity index (χ4v) is 4.42. The van der Waals surface area contributed by atoms with Crippen molar-refractivity contribution in [3.05, 3.63) is 29.3 Å². The van der Waals surface area contributed by atoms with Gasteiger partial charge in [0.25, 0.3) is 0 Å². The summed E-state index contributed by atoms with van der Waals surface area (Å²) < 4.78 is 29.0. The monoisotopic (exact) mass is 536 g/mol. The second-order valence-corrected chi connectivity index (χ2v) is 10.0. The zero-order valence-electron chi connectivity index (χ0n) is 17.3. The molecule has 0 spiro atoms. The van der Waals surface area contributed by atoms with E-state index in [0.717, 1.165) is 42.9 Å². The van der Waals surface area contributed by atoms with Crippen LogP contribution in [0.5, 0.6) is 5.75 Å². The van der Waals surface area contributed by atoms with E-state index in [1.165, 1.54) is 18.4 Å². The summed E-state index contributed by atoms with van der Waals surface area (Å²) in [5.74, 6) is 2.93. The van der Waals surface area contributed by atoms with Gasteiger partial charge < -0.3 is 15.4 Å². The highest BCUT2D eigenvalue weighted by Gasteiger charge is 2.22. The number of hydrogen-bond acceptors (Lipinski definition) is 5. The van der Waals surface area contributed by atoms with E-state index in [9.17, 15) is 8.42 Å². The molecule has 29 heavy (non-hydrogen) atoms. The smallest absolute Gasteiger partial charge is 0.191 e. The Hall–Kier alpha value is -1.07. The summed E-state index contributed by atoms with van der Waals surface area (Å²) in [5.41, 5.74) is 2.32. The molecule has 164 valence electrons. The molecule has 0 bridgehead atoms. The molecule has 0 unspecified atom stereocenters. The molecule has 1 heterocycles. The third-order valence-corrected chi connectivity index (χ3v) is 6.83. The predicted molar refractivity (Wildman–Crippen MR) is 128 cm³/mol. The molecule has 7 nitrogen and oxygen atoms in total. The molecule has 2 aliphatic rings. The highest BCUT2D eigenvalue weighted by atomic mass is 127.